The molecule has 0 aromatic carbocycles. The van der Waals surface area contributed by atoms with Crippen molar-refractivity contribution in [3.63, 3.8) is 0 Å². The van der Waals surface area contributed by atoms with Crippen LogP contribution < -0.4 is 5.32 Å². The predicted molar refractivity (Wildman–Crippen MR) is 71.5 cm³/mol. The number of sulfonamides is 1. The Morgan fingerprint density at radius 3 is 2.17 bits per heavy atom. The Morgan fingerprint density at radius 2 is 1.72 bits per heavy atom. The lowest BCUT2D eigenvalue weighted by molar-refractivity contribution is 0.269. The van der Waals surface area contributed by atoms with Gasteiger partial charge in [-0.2, -0.15) is 0 Å². The Hall–Kier alpha value is -0.180. The largest absolute Gasteiger partial charge is 0.317 e. The van der Waals surface area contributed by atoms with Crippen LogP contribution in [0.4, 0.5) is 0 Å². The van der Waals surface area contributed by atoms with Crippen LogP contribution in [-0.4, -0.2) is 58.7 Å². The third-order valence-electron chi connectivity index (χ3n) is 3.01. The van der Waals surface area contributed by atoms with Gasteiger partial charge in [-0.15, -0.1) is 0 Å². The molecule has 1 rings (SSSR count). The van der Waals surface area contributed by atoms with Crippen molar-refractivity contribution in [2.75, 3.05) is 37.5 Å². The van der Waals surface area contributed by atoms with E-state index in [2.05, 4.69) is 5.32 Å². The van der Waals surface area contributed by atoms with E-state index in [4.69, 9.17) is 0 Å². The number of rotatable bonds is 6. The lowest BCUT2D eigenvalue weighted by Crippen LogP contribution is -2.42. The van der Waals surface area contributed by atoms with Gasteiger partial charge in [0.1, 0.15) is 0 Å². The average Bonchev–Trinajstić information content (AvgIpc) is 2.23. The molecule has 1 heterocycles. The molecule has 0 radical (unpaired) electrons. The molecular weight excluding hydrogens is 276 g/mol. The maximum Gasteiger partial charge on any atom is 0.228 e. The van der Waals surface area contributed by atoms with Crippen LogP contribution in [0.3, 0.4) is 0 Å². The lowest BCUT2D eigenvalue weighted by atomic mass is 9.98. The lowest BCUT2D eigenvalue weighted by Gasteiger charge is -2.31. The highest BCUT2D eigenvalue weighted by Gasteiger charge is 2.30. The first-order chi connectivity index (χ1) is 8.24. The number of piperidine rings is 1. The molecule has 1 N–H and O–H groups in total. The molecule has 6 nitrogen and oxygen atoms in total. The smallest absolute Gasteiger partial charge is 0.228 e. The summed E-state index contributed by atoms with van der Waals surface area (Å²) in [7, 11) is -7.16. The third kappa shape index (κ3) is 5.21. The molecule has 0 aromatic rings. The highest BCUT2D eigenvalue weighted by molar-refractivity contribution is 8.06. The fraction of sp³-hybridized carbons (Fsp3) is 1.00. The van der Waals surface area contributed by atoms with E-state index in [1.807, 2.05) is 6.92 Å². The Kier molecular flexibility index (Phi) is 5.57. The summed E-state index contributed by atoms with van der Waals surface area (Å²) in [6.45, 7) is 4.69. The van der Waals surface area contributed by atoms with Crippen molar-refractivity contribution in [3.05, 3.63) is 0 Å². The van der Waals surface area contributed by atoms with Gasteiger partial charge in [0.15, 0.2) is 14.9 Å². The SMILES string of the molecule is CCNCC1CCN(S(=O)(=O)CS(C)(=O)=O)CC1. The van der Waals surface area contributed by atoms with Crippen LogP contribution in [0.5, 0.6) is 0 Å². The molecule has 0 bridgehead atoms. The van der Waals surface area contributed by atoms with Crippen molar-refractivity contribution in [2.45, 2.75) is 19.8 Å². The Labute approximate surface area is 110 Å². The summed E-state index contributed by atoms with van der Waals surface area (Å²) in [6.07, 6.45) is 2.52. The summed E-state index contributed by atoms with van der Waals surface area (Å²) in [5.74, 6) is 0.481. The van der Waals surface area contributed by atoms with Gasteiger partial charge < -0.3 is 5.32 Å². The van der Waals surface area contributed by atoms with E-state index in [1.54, 1.807) is 0 Å². The number of hydrogen-bond donors (Lipinski definition) is 1. The highest BCUT2D eigenvalue weighted by atomic mass is 32.3. The minimum Gasteiger partial charge on any atom is -0.317 e. The van der Waals surface area contributed by atoms with E-state index in [0.29, 0.717) is 19.0 Å². The first kappa shape index (κ1) is 15.9. The topological polar surface area (TPSA) is 83.6 Å². The van der Waals surface area contributed by atoms with Crippen LogP contribution in [0.25, 0.3) is 0 Å². The summed E-state index contributed by atoms with van der Waals surface area (Å²) in [5.41, 5.74) is 0. The minimum absolute atomic E-state index is 0.425. The molecule has 0 aliphatic carbocycles. The van der Waals surface area contributed by atoms with Gasteiger partial charge in [0, 0.05) is 19.3 Å². The molecule has 0 aromatic heterocycles. The molecule has 108 valence electrons. The van der Waals surface area contributed by atoms with Crippen LogP contribution in [0.15, 0.2) is 0 Å². The van der Waals surface area contributed by atoms with E-state index >= 15 is 0 Å². The quantitative estimate of drug-likeness (QED) is 0.724. The standard InChI is InChI=1S/C10H22N2O4S2/c1-3-11-8-10-4-6-12(7-5-10)18(15,16)9-17(2,13)14/h10-11H,3-9H2,1-2H3. The summed E-state index contributed by atoms with van der Waals surface area (Å²) in [5, 5.41) is 2.47. The molecule has 8 heteroatoms. The second-order valence-electron chi connectivity index (χ2n) is 4.81. The van der Waals surface area contributed by atoms with Gasteiger partial charge in [0.05, 0.1) is 0 Å². The van der Waals surface area contributed by atoms with Gasteiger partial charge in [0.25, 0.3) is 0 Å². The summed E-state index contributed by atoms with van der Waals surface area (Å²) >= 11 is 0. The zero-order chi connectivity index (χ0) is 13.8. The zero-order valence-corrected chi connectivity index (χ0v) is 12.6. The number of nitrogens with zero attached hydrogens (tertiary/aromatic N) is 1. The molecule has 1 aliphatic rings. The monoisotopic (exact) mass is 298 g/mol. The first-order valence-corrected chi connectivity index (χ1v) is 9.78. The van der Waals surface area contributed by atoms with E-state index in [-0.39, 0.29) is 0 Å². The molecule has 1 saturated heterocycles. The van der Waals surface area contributed by atoms with Crippen LogP contribution in [0, 0.1) is 5.92 Å². The van der Waals surface area contributed by atoms with Gasteiger partial charge in [-0.25, -0.2) is 21.1 Å². The van der Waals surface area contributed by atoms with Crippen molar-refractivity contribution in [3.8, 4) is 0 Å². The maximum absolute atomic E-state index is 11.9. The highest BCUT2D eigenvalue weighted by Crippen LogP contribution is 2.19. The molecule has 0 saturated carbocycles. The van der Waals surface area contributed by atoms with E-state index in [0.717, 1.165) is 32.2 Å². The Balaban J connectivity index is 2.52. The number of hydrogen-bond acceptors (Lipinski definition) is 5. The maximum atomic E-state index is 11.9. The second kappa shape index (κ2) is 6.31. The molecule has 1 fully saturated rings. The van der Waals surface area contributed by atoms with Gasteiger partial charge in [-0.3, -0.25) is 0 Å². The first-order valence-electron chi connectivity index (χ1n) is 6.11. The predicted octanol–water partition coefficient (Wildman–Crippen LogP) is -0.360. The normalized spacial score (nSPS) is 20.1. The summed E-state index contributed by atoms with van der Waals surface area (Å²) in [6, 6.07) is 0. The molecule has 0 atom stereocenters. The fourth-order valence-electron chi connectivity index (χ4n) is 2.09. The second-order valence-corrected chi connectivity index (χ2v) is 9.28. The summed E-state index contributed by atoms with van der Waals surface area (Å²) < 4.78 is 47.2. The minimum atomic E-state index is -3.66. The van der Waals surface area contributed by atoms with Crippen molar-refractivity contribution in [1.82, 2.24) is 9.62 Å². The van der Waals surface area contributed by atoms with Gasteiger partial charge >= 0.3 is 0 Å². The molecule has 18 heavy (non-hydrogen) atoms. The molecular formula is C10H22N2O4S2. The average molecular weight is 298 g/mol. The summed E-state index contributed by atoms with van der Waals surface area (Å²) in [4.78, 5) is 0. The number of nitrogens with one attached hydrogen (secondary N) is 1. The van der Waals surface area contributed by atoms with Crippen molar-refractivity contribution in [2.24, 2.45) is 5.92 Å². The van der Waals surface area contributed by atoms with Crippen LogP contribution in [0.1, 0.15) is 19.8 Å². The molecule has 0 amide bonds. The fourth-order valence-corrected chi connectivity index (χ4v) is 5.61. The van der Waals surface area contributed by atoms with Crippen molar-refractivity contribution >= 4 is 19.9 Å². The number of sulfone groups is 1. The molecule has 0 unspecified atom stereocenters. The third-order valence-corrected chi connectivity index (χ3v) is 7.07. The van der Waals surface area contributed by atoms with E-state index < -0.39 is 24.9 Å². The van der Waals surface area contributed by atoms with Gasteiger partial charge in [-0.05, 0) is 31.8 Å². The van der Waals surface area contributed by atoms with E-state index in [1.165, 1.54) is 4.31 Å². The molecule has 1 aliphatic heterocycles. The van der Waals surface area contributed by atoms with Gasteiger partial charge in [0.2, 0.25) is 10.0 Å². The van der Waals surface area contributed by atoms with Crippen molar-refractivity contribution in [1.29, 1.82) is 0 Å². The van der Waals surface area contributed by atoms with Crippen LogP contribution in [0.2, 0.25) is 0 Å². The Morgan fingerprint density at radius 1 is 1.17 bits per heavy atom. The Bertz CT molecular complexity index is 450. The molecule has 0 spiro atoms. The zero-order valence-electron chi connectivity index (χ0n) is 10.9. The van der Waals surface area contributed by atoms with Gasteiger partial charge in [-0.1, -0.05) is 6.92 Å². The van der Waals surface area contributed by atoms with Crippen LogP contribution in [-0.2, 0) is 19.9 Å². The van der Waals surface area contributed by atoms with Crippen LogP contribution >= 0.6 is 0 Å². The van der Waals surface area contributed by atoms with E-state index in [9.17, 15) is 16.8 Å². The van der Waals surface area contributed by atoms with Crippen molar-refractivity contribution < 1.29 is 16.8 Å².